The van der Waals surface area contributed by atoms with Crippen LogP contribution in [0.25, 0.3) is 11.1 Å². The Labute approximate surface area is 190 Å². The molecule has 1 aliphatic carbocycles. The normalized spacial score (nSPS) is 15.9. The molecule has 1 heterocycles. The first-order valence-corrected chi connectivity index (χ1v) is 12.6. The van der Waals surface area contributed by atoms with Crippen LogP contribution in [0.4, 0.5) is 0 Å². The number of benzene rings is 2. The van der Waals surface area contributed by atoms with Crippen molar-refractivity contribution in [2.24, 2.45) is 0 Å². The fourth-order valence-electron chi connectivity index (χ4n) is 4.33. The van der Waals surface area contributed by atoms with E-state index in [0.29, 0.717) is 12.2 Å². The van der Waals surface area contributed by atoms with Gasteiger partial charge in [-0.3, -0.25) is 4.55 Å². The largest absolute Gasteiger partial charge is 0.496 e. The van der Waals surface area contributed by atoms with E-state index in [1.54, 1.807) is 7.11 Å². The molecule has 0 saturated heterocycles. The van der Waals surface area contributed by atoms with Crippen molar-refractivity contribution in [3.8, 4) is 5.75 Å². The summed E-state index contributed by atoms with van der Waals surface area (Å²) < 4.78 is 37.0. The zero-order valence-corrected chi connectivity index (χ0v) is 20.0. The minimum absolute atomic E-state index is 0.592. The molecule has 1 unspecified atom stereocenters. The van der Waals surface area contributed by atoms with E-state index in [1.807, 2.05) is 13.0 Å². The average molecular weight is 461 g/mol. The second kappa shape index (κ2) is 10.5. The van der Waals surface area contributed by atoms with E-state index >= 15 is 0 Å². The number of oxazole rings is 1. The second-order valence-corrected chi connectivity index (χ2v) is 9.86. The first-order valence-electron chi connectivity index (χ1n) is 10.8. The van der Waals surface area contributed by atoms with Crippen LogP contribution < -0.4 is 4.74 Å². The number of hydrogen-bond donors (Lipinski definition) is 1. The number of hydrogen-bond acceptors (Lipinski definition) is 6. The molecular formula is C24H32N2O5S. The highest BCUT2D eigenvalue weighted by atomic mass is 32.2. The molecule has 7 nitrogen and oxygen atoms in total. The summed E-state index contributed by atoms with van der Waals surface area (Å²) >= 11 is 0. The lowest BCUT2D eigenvalue weighted by Crippen LogP contribution is -2.28. The summed E-state index contributed by atoms with van der Waals surface area (Å²) in [6.07, 6.45) is 5.38. The molecule has 3 aromatic rings. The summed E-state index contributed by atoms with van der Waals surface area (Å²) in [7, 11) is 0.339. The van der Waals surface area contributed by atoms with Crippen molar-refractivity contribution in [2.45, 2.75) is 38.5 Å². The summed E-state index contributed by atoms with van der Waals surface area (Å²) in [6, 6.07) is 12.9. The van der Waals surface area contributed by atoms with Gasteiger partial charge in [-0.05, 0) is 73.5 Å². The average Bonchev–Trinajstić information content (AvgIpc) is 3.10. The molecule has 0 fully saturated rings. The van der Waals surface area contributed by atoms with Crippen molar-refractivity contribution in [3.63, 3.8) is 0 Å². The quantitative estimate of drug-likeness (QED) is 0.550. The maximum atomic E-state index is 9.19. The summed E-state index contributed by atoms with van der Waals surface area (Å²) in [4.78, 5) is 6.90. The van der Waals surface area contributed by atoms with Crippen molar-refractivity contribution in [3.05, 3.63) is 59.0 Å². The molecule has 0 radical (unpaired) electrons. The van der Waals surface area contributed by atoms with Crippen molar-refractivity contribution in [2.75, 3.05) is 33.5 Å². The van der Waals surface area contributed by atoms with E-state index in [0.717, 1.165) is 48.7 Å². The van der Waals surface area contributed by atoms with Crippen LogP contribution in [0.3, 0.4) is 0 Å². The SMILES string of the molecule is COc1cccc2c1CCCC2CN(C)CCc1ccc2oc(C)nc2c1.CS(=O)(=O)O. The fraction of sp³-hybridized carbons (Fsp3) is 0.458. The second-order valence-electron chi connectivity index (χ2n) is 8.40. The number of rotatable bonds is 6. The van der Waals surface area contributed by atoms with E-state index in [-0.39, 0.29) is 0 Å². The van der Waals surface area contributed by atoms with Crippen molar-refractivity contribution >= 4 is 21.2 Å². The van der Waals surface area contributed by atoms with E-state index < -0.39 is 10.1 Å². The van der Waals surface area contributed by atoms with Crippen LogP contribution in [0.1, 0.15) is 41.3 Å². The van der Waals surface area contributed by atoms with Gasteiger partial charge in [-0.25, -0.2) is 4.98 Å². The molecule has 1 N–H and O–H groups in total. The Balaban J connectivity index is 0.000000523. The summed E-state index contributed by atoms with van der Waals surface area (Å²) in [5.74, 6) is 2.37. The number of methoxy groups -OCH3 is 1. The third kappa shape index (κ3) is 6.79. The Morgan fingerprint density at radius 2 is 2.03 bits per heavy atom. The van der Waals surface area contributed by atoms with Gasteiger partial charge in [0.1, 0.15) is 11.3 Å². The van der Waals surface area contributed by atoms with Crippen LogP contribution in [0.5, 0.6) is 5.75 Å². The van der Waals surface area contributed by atoms with Crippen LogP contribution in [0.2, 0.25) is 0 Å². The lowest BCUT2D eigenvalue weighted by atomic mass is 9.82. The summed E-state index contributed by atoms with van der Waals surface area (Å²) in [6.45, 7) is 4.02. The van der Waals surface area contributed by atoms with E-state index in [2.05, 4.69) is 47.3 Å². The zero-order valence-electron chi connectivity index (χ0n) is 19.2. The van der Waals surface area contributed by atoms with Gasteiger partial charge in [0.25, 0.3) is 10.1 Å². The van der Waals surface area contributed by atoms with Gasteiger partial charge < -0.3 is 14.1 Å². The number of likely N-dealkylation sites (N-methyl/N-ethyl adjacent to an activating group) is 1. The molecule has 0 bridgehead atoms. The number of ether oxygens (including phenoxy) is 1. The molecule has 8 heteroatoms. The van der Waals surface area contributed by atoms with Crippen LogP contribution in [-0.2, 0) is 23.0 Å². The minimum Gasteiger partial charge on any atom is -0.496 e. The molecule has 0 amide bonds. The Hall–Kier alpha value is -2.42. The number of fused-ring (bicyclic) bond motifs is 2. The van der Waals surface area contributed by atoms with Crippen molar-refractivity contribution in [1.29, 1.82) is 0 Å². The lowest BCUT2D eigenvalue weighted by Gasteiger charge is -2.30. The zero-order chi connectivity index (χ0) is 23.3. The lowest BCUT2D eigenvalue weighted by molar-refractivity contribution is 0.299. The van der Waals surface area contributed by atoms with Crippen LogP contribution in [0, 0.1) is 6.92 Å². The van der Waals surface area contributed by atoms with E-state index in [4.69, 9.17) is 13.7 Å². The Bertz CT molecular complexity index is 1150. The smallest absolute Gasteiger partial charge is 0.261 e. The van der Waals surface area contributed by atoms with Gasteiger partial charge in [-0.1, -0.05) is 18.2 Å². The van der Waals surface area contributed by atoms with Gasteiger partial charge in [0.05, 0.1) is 13.4 Å². The molecule has 1 aliphatic rings. The number of aromatic nitrogens is 1. The molecule has 4 rings (SSSR count). The Kier molecular flexibility index (Phi) is 7.92. The first-order chi connectivity index (χ1) is 15.1. The van der Waals surface area contributed by atoms with Crippen LogP contribution in [0.15, 0.2) is 40.8 Å². The van der Waals surface area contributed by atoms with E-state index in [9.17, 15) is 8.42 Å². The fourth-order valence-corrected chi connectivity index (χ4v) is 4.33. The molecule has 1 atom stereocenters. The van der Waals surface area contributed by atoms with Gasteiger partial charge in [0.2, 0.25) is 0 Å². The summed E-state index contributed by atoms with van der Waals surface area (Å²) in [5, 5.41) is 0. The summed E-state index contributed by atoms with van der Waals surface area (Å²) in [5.41, 5.74) is 6.04. The molecular weight excluding hydrogens is 428 g/mol. The molecule has 174 valence electrons. The molecule has 1 aromatic heterocycles. The van der Waals surface area contributed by atoms with Crippen molar-refractivity contribution in [1.82, 2.24) is 9.88 Å². The highest BCUT2D eigenvalue weighted by molar-refractivity contribution is 7.85. The topological polar surface area (TPSA) is 92.9 Å². The predicted octanol–water partition coefficient (Wildman–Crippen LogP) is 4.24. The molecule has 32 heavy (non-hydrogen) atoms. The van der Waals surface area contributed by atoms with Crippen LogP contribution in [-0.4, -0.2) is 56.4 Å². The van der Waals surface area contributed by atoms with Crippen LogP contribution >= 0.6 is 0 Å². The monoisotopic (exact) mass is 460 g/mol. The van der Waals surface area contributed by atoms with Crippen molar-refractivity contribution < 1.29 is 22.1 Å². The van der Waals surface area contributed by atoms with Gasteiger partial charge in [-0.2, -0.15) is 8.42 Å². The Morgan fingerprint density at radius 3 is 2.75 bits per heavy atom. The molecule has 2 aromatic carbocycles. The third-order valence-electron chi connectivity index (χ3n) is 5.68. The maximum Gasteiger partial charge on any atom is 0.261 e. The van der Waals surface area contributed by atoms with Gasteiger partial charge in [-0.15, -0.1) is 0 Å². The standard InChI is InChI=1S/C23H28N2O2.CH4O3S/c1-16-24-21-14-17(10-11-23(21)27-16)12-13-25(2)15-18-6-4-8-20-19(18)7-5-9-22(20)26-3;1-5(2,3)4/h5,7,9-11,14,18H,4,6,8,12-13,15H2,1-3H3;1H3,(H,2,3,4). The maximum absolute atomic E-state index is 9.19. The molecule has 0 aliphatic heterocycles. The van der Waals surface area contributed by atoms with Gasteiger partial charge >= 0.3 is 0 Å². The first kappa shape index (κ1) is 24.2. The molecule has 0 saturated carbocycles. The number of nitrogens with zero attached hydrogens (tertiary/aromatic N) is 2. The minimum atomic E-state index is -3.67. The third-order valence-corrected chi connectivity index (χ3v) is 5.68. The predicted molar refractivity (Wildman–Crippen MR) is 126 cm³/mol. The van der Waals surface area contributed by atoms with E-state index in [1.165, 1.54) is 29.5 Å². The van der Waals surface area contributed by atoms with Gasteiger partial charge in [0, 0.05) is 20.0 Å². The number of aryl methyl sites for hydroxylation is 1. The van der Waals surface area contributed by atoms with Gasteiger partial charge in [0.15, 0.2) is 11.5 Å². The molecule has 0 spiro atoms. The Morgan fingerprint density at radius 1 is 1.28 bits per heavy atom. The highest BCUT2D eigenvalue weighted by Crippen LogP contribution is 2.36. The highest BCUT2D eigenvalue weighted by Gasteiger charge is 2.23.